The number of rotatable bonds is 3. The SMILES string of the molecule is CC(C)(N)Cc1nc(-c2ccc(F)c(Br)c2)no1. The van der Waals surface area contributed by atoms with Crippen molar-refractivity contribution >= 4 is 15.9 Å². The van der Waals surface area contributed by atoms with Gasteiger partial charge < -0.3 is 10.3 Å². The fraction of sp³-hybridized carbons (Fsp3) is 0.333. The maximum Gasteiger partial charge on any atom is 0.228 e. The first-order valence-electron chi connectivity index (χ1n) is 5.42. The van der Waals surface area contributed by atoms with Crippen molar-refractivity contribution in [1.29, 1.82) is 0 Å². The van der Waals surface area contributed by atoms with Crippen LogP contribution in [0, 0.1) is 5.82 Å². The summed E-state index contributed by atoms with van der Waals surface area (Å²) in [5.41, 5.74) is 6.15. The third-order valence-corrected chi connectivity index (χ3v) is 2.86. The highest BCUT2D eigenvalue weighted by Gasteiger charge is 2.17. The first-order valence-corrected chi connectivity index (χ1v) is 6.21. The summed E-state index contributed by atoms with van der Waals surface area (Å²) < 4.78 is 18.6. The molecule has 6 heteroatoms. The van der Waals surface area contributed by atoms with Crippen LogP contribution in [0.1, 0.15) is 19.7 Å². The molecule has 0 atom stereocenters. The second kappa shape index (κ2) is 4.78. The van der Waals surface area contributed by atoms with Crippen molar-refractivity contribution in [2.75, 3.05) is 0 Å². The molecule has 0 radical (unpaired) electrons. The Morgan fingerprint density at radius 2 is 2.17 bits per heavy atom. The van der Waals surface area contributed by atoms with Gasteiger partial charge in [-0.05, 0) is 48.0 Å². The molecular formula is C12H13BrFN3O. The molecule has 18 heavy (non-hydrogen) atoms. The molecule has 0 aliphatic carbocycles. The van der Waals surface area contributed by atoms with Crippen LogP contribution < -0.4 is 5.73 Å². The number of hydrogen-bond acceptors (Lipinski definition) is 4. The first kappa shape index (κ1) is 13.2. The summed E-state index contributed by atoms with van der Waals surface area (Å²) in [5, 5.41) is 3.86. The molecule has 0 aliphatic heterocycles. The molecule has 0 saturated carbocycles. The van der Waals surface area contributed by atoms with Gasteiger partial charge in [0.05, 0.1) is 4.47 Å². The highest BCUT2D eigenvalue weighted by molar-refractivity contribution is 9.10. The number of halogens is 2. The van der Waals surface area contributed by atoms with Crippen molar-refractivity contribution in [2.45, 2.75) is 25.8 Å². The molecule has 1 heterocycles. The predicted octanol–water partition coefficient (Wildman–Crippen LogP) is 2.92. The van der Waals surface area contributed by atoms with Crippen molar-refractivity contribution in [2.24, 2.45) is 5.73 Å². The molecule has 0 bridgehead atoms. The summed E-state index contributed by atoms with van der Waals surface area (Å²) in [6, 6.07) is 4.56. The van der Waals surface area contributed by atoms with Crippen LogP contribution in [0.15, 0.2) is 27.2 Å². The normalized spacial score (nSPS) is 11.8. The Morgan fingerprint density at radius 1 is 1.44 bits per heavy atom. The van der Waals surface area contributed by atoms with Crippen LogP contribution in [0.25, 0.3) is 11.4 Å². The molecule has 0 amide bonds. The molecule has 0 saturated heterocycles. The maximum atomic E-state index is 13.1. The van der Waals surface area contributed by atoms with E-state index in [4.69, 9.17) is 10.3 Å². The van der Waals surface area contributed by atoms with Gasteiger partial charge in [0.25, 0.3) is 0 Å². The molecule has 1 aromatic carbocycles. The molecule has 2 N–H and O–H groups in total. The van der Waals surface area contributed by atoms with Crippen LogP contribution in [0.4, 0.5) is 4.39 Å². The maximum absolute atomic E-state index is 13.1. The monoisotopic (exact) mass is 313 g/mol. The Balaban J connectivity index is 2.26. The molecule has 1 aromatic heterocycles. The van der Waals surface area contributed by atoms with Gasteiger partial charge >= 0.3 is 0 Å². The zero-order valence-corrected chi connectivity index (χ0v) is 11.7. The van der Waals surface area contributed by atoms with E-state index in [1.807, 2.05) is 13.8 Å². The zero-order valence-electron chi connectivity index (χ0n) is 10.1. The third-order valence-electron chi connectivity index (χ3n) is 2.25. The van der Waals surface area contributed by atoms with Gasteiger partial charge in [0, 0.05) is 17.5 Å². The smallest absolute Gasteiger partial charge is 0.228 e. The minimum atomic E-state index is -0.410. The molecule has 2 rings (SSSR count). The largest absolute Gasteiger partial charge is 0.339 e. The van der Waals surface area contributed by atoms with Gasteiger partial charge in [-0.3, -0.25) is 0 Å². The van der Waals surface area contributed by atoms with E-state index >= 15 is 0 Å². The van der Waals surface area contributed by atoms with E-state index in [0.29, 0.717) is 28.2 Å². The summed E-state index contributed by atoms with van der Waals surface area (Å²) in [7, 11) is 0. The van der Waals surface area contributed by atoms with Gasteiger partial charge in [0.2, 0.25) is 11.7 Å². The van der Waals surface area contributed by atoms with Gasteiger partial charge in [-0.1, -0.05) is 5.16 Å². The Hall–Kier alpha value is -1.27. The number of hydrogen-bond donors (Lipinski definition) is 1. The lowest BCUT2D eigenvalue weighted by Crippen LogP contribution is -2.34. The van der Waals surface area contributed by atoms with Gasteiger partial charge in [0.15, 0.2) is 0 Å². The molecule has 2 aromatic rings. The Kier molecular flexibility index (Phi) is 3.49. The van der Waals surface area contributed by atoms with E-state index in [1.54, 1.807) is 12.1 Å². The average molecular weight is 314 g/mol. The lowest BCUT2D eigenvalue weighted by molar-refractivity contribution is 0.348. The lowest BCUT2D eigenvalue weighted by atomic mass is 10.0. The summed E-state index contributed by atoms with van der Waals surface area (Å²) in [6.07, 6.45) is 0.488. The fourth-order valence-electron chi connectivity index (χ4n) is 1.47. The fourth-order valence-corrected chi connectivity index (χ4v) is 1.85. The van der Waals surface area contributed by atoms with Crippen molar-refractivity contribution in [3.63, 3.8) is 0 Å². The molecule has 96 valence electrons. The highest BCUT2D eigenvalue weighted by Crippen LogP contribution is 2.23. The molecule has 0 fully saturated rings. The first-order chi connectivity index (χ1) is 8.35. The van der Waals surface area contributed by atoms with Crippen LogP contribution in [0.2, 0.25) is 0 Å². The van der Waals surface area contributed by atoms with E-state index in [9.17, 15) is 4.39 Å². The van der Waals surface area contributed by atoms with Crippen molar-refractivity contribution in [3.05, 3.63) is 34.4 Å². The van der Waals surface area contributed by atoms with Crippen LogP contribution in [0.5, 0.6) is 0 Å². The summed E-state index contributed by atoms with van der Waals surface area (Å²) in [4.78, 5) is 4.24. The number of nitrogens with zero attached hydrogens (tertiary/aromatic N) is 2. The van der Waals surface area contributed by atoms with Gasteiger partial charge in [-0.15, -0.1) is 0 Å². The van der Waals surface area contributed by atoms with Crippen molar-refractivity contribution in [1.82, 2.24) is 10.1 Å². The quantitative estimate of drug-likeness (QED) is 0.946. The summed E-state index contributed by atoms with van der Waals surface area (Å²) >= 11 is 3.12. The number of aromatic nitrogens is 2. The molecule has 0 unspecified atom stereocenters. The second-order valence-electron chi connectivity index (χ2n) is 4.81. The van der Waals surface area contributed by atoms with E-state index in [-0.39, 0.29) is 5.82 Å². The van der Waals surface area contributed by atoms with E-state index < -0.39 is 5.54 Å². The van der Waals surface area contributed by atoms with Crippen LogP contribution in [-0.4, -0.2) is 15.7 Å². The molecule has 4 nitrogen and oxygen atoms in total. The van der Waals surface area contributed by atoms with Crippen LogP contribution in [0.3, 0.4) is 0 Å². The Morgan fingerprint density at radius 3 is 2.78 bits per heavy atom. The Bertz CT molecular complexity index is 563. The second-order valence-corrected chi connectivity index (χ2v) is 5.66. The zero-order chi connectivity index (χ0) is 13.3. The van der Waals surface area contributed by atoms with E-state index in [0.717, 1.165) is 0 Å². The topological polar surface area (TPSA) is 64.9 Å². The highest BCUT2D eigenvalue weighted by atomic mass is 79.9. The van der Waals surface area contributed by atoms with Gasteiger partial charge in [-0.2, -0.15) is 4.98 Å². The van der Waals surface area contributed by atoms with E-state index in [1.165, 1.54) is 6.07 Å². The molecule has 0 spiro atoms. The van der Waals surface area contributed by atoms with Crippen molar-refractivity contribution < 1.29 is 8.91 Å². The lowest BCUT2D eigenvalue weighted by Gasteiger charge is -2.14. The van der Waals surface area contributed by atoms with Gasteiger partial charge in [0.1, 0.15) is 5.82 Å². The van der Waals surface area contributed by atoms with Crippen LogP contribution >= 0.6 is 15.9 Å². The molecule has 0 aliphatic rings. The average Bonchev–Trinajstić information content (AvgIpc) is 2.68. The standard InChI is InChI=1S/C12H13BrFN3O/c1-12(2,15)6-10-16-11(17-18-10)7-3-4-9(14)8(13)5-7/h3-5H,6,15H2,1-2H3. The third kappa shape index (κ3) is 3.14. The predicted molar refractivity (Wildman–Crippen MR) is 69.4 cm³/mol. The summed E-state index contributed by atoms with van der Waals surface area (Å²) in [6.45, 7) is 3.76. The van der Waals surface area contributed by atoms with Crippen molar-refractivity contribution in [3.8, 4) is 11.4 Å². The van der Waals surface area contributed by atoms with Gasteiger partial charge in [-0.25, -0.2) is 4.39 Å². The van der Waals surface area contributed by atoms with Crippen LogP contribution in [-0.2, 0) is 6.42 Å². The summed E-state index contributed by atoms with van der Waals surface area (Å²) in [5.74, 6) is 0.568. The number of benzene rings is 1. The number of nitrogens with two attached hydrogens (primary N) is 1. The van der Waals surface area contributed by atoms with E-state index in [2.05, 4.69) is 26.1 Å². The minimum Gasteiger partial charge on any atom is -0.339 e. The minimum absolute atomic E-state index is 0.328. The Labute approximate surface area is 113 Å². The molecular weight excluding hydrogens is 301 g/mol.